The van der Waals surface area contributed by atoms with Crippen LogP contribution in [0.15, 0.2) is 48.7 Å². The second-order valence-corrected chi connectivity index (χ2v) is 6.15. The molecule has 3 rings (SSSR count). The molecule has 112 valence electrons. The first kappa shape index (κ1) is 14.5. The van der Waals surface area contributed by atoms with E-state index in [0.717, 1.165) is 27.6 Å². The van der Waals surface area contributed by atoms with Gasteiger partial charge in [-0.3, -0.25) is 4.79 Å². The van der Waals surface area contributed by atoms with Crippen LogP contribution in [0.5, 0.6) is 0 Å². The minimum Gasteiger partial charge on any atom is -0.322 e. The minimum atomic E-state index is -0.351. The van der Waals surface area contributed by atoms with Gasteiger partial charge in [-0.25, -0.2) is 4.68 Å². The molecule has 0 aliphatic carbocycles. The molecule has 0 spiro atoms. The maximum atomic E-state index is 11.6. The number of aromatic nitrogens is 2. The average molecular weight is 293 g/mol. The van der Waals surface area contributed by atoms with E-state index in [4.69, 9.17) is 5.73 Å². The fourth-order valence-corrected chi connectivity index (χ4v) is 2.54. The van der Waals surface area contributed by atoms with Crippen LogP contribution < -0.4 is 5.73 Å². The highest BCUT2D eigenvalue weighted by atomic mass is 16.2. The van der Waals surface area contributed by atoms with Gasteiger partial charge in [0.2, 0.25) is 5.91 Å². The highest BCUT2D eigenvalue weighted by Crippen LogP contribution is 2.26. The lowest BCUT2D eigenvalue weighted by Gasteiger charge is -2.19. The Hall–Kier alpha value is -2.46. The Kier molecular flexibility index (Phi) is 3.34. The number of nitrogens with zero attached hydrogens (tertiary/aromatic N) is 2. The van der Waals surface area contributed by atoms with Gasteiger partial charge in [0.25, 0.3) is 0 Å². The molecule has 4 nitrogen and oxygen atoms in total. The number of carbonyl (C=O) groups is 1. The molecule has 1 heterocycles. The predicted octanol–water partition coefficient (Wildman–Crippen LogP) is 3.56. The fourth-order valence-electron chi connectivity index (χ4n) is 2.54. The van der Waals surface area contributed by atoms with Crippen molar-refractivity contribution in [2.24, 2.45) is 5.73 Å². The van der Waals surface area contributed by atoms with E-state index in [0.29, 0.717) is 0 Å². The Balaban J connectivity index is 2.06. The molecule has 0 saturated heterocycles. The van der Waals surface area contributed by atoms with Gasteiger partial charge in [0, 0.05) is 17.8 Å². The second-order valence-electron chi connectivity index (χ2n) is 6.15. The van der Waals surface area contributed by atoms with Gasteiger partial charge in [-0.15, -0.1) is 0 Å². The van der Waals surface area contributed by atoms with Crippen LogP contribution in [0.1, 0.15) is 31.1 Å². The van der Waals surface area contributed by atoms with Crippen molar-refractivity contribution in [1.82, 2.24) is 9.78 Å². The average Bonchev–Trinajstić information content (AvgIpc) is 2.89. The molecule has 0 aliphatic rings. The molecule has 2 N–H and O–H groups in total. The third kappa shape index (κ3) is 2.53. The SMILES string of the molecule is CC(=O)n1ncc2ccc(-c3ccc(C(C)(C)N)cc3)cc21. The number of fused-ring (bicyclic) bond motifs is 1. The van der Waals surface area contributed by atoms with Crippen molar-refractivity contribution in [3.05, 3.63) is 54.2 Å². The first-order valence-electron chi connectivity index (χ1n) is 7.25. The fraction of sp³-hybridized carbons (Fsp3) is 0.222. The summed E-state index contributed by atoms with van der Waals surface area (Å²) >= 11 is 0. The first-order chi connectivity index (χ1) is 10.4. The minimum absolute atomic E-state index is 0.0904. The van der Waals surface area contributed by atoms with E-state index < -0.39 is 0 Å². The van der Waals surface area contributed by atoms with E-state index in [9.17, 15) is 4.79 Å². The maximum Gasteiger partial charge on any atom is 0.244 e. The number of benzene rings is 2. The molecule has 0 radical (unpaired) electrons. The molecule has 0 unspecified atom stereocenters. The normalized spacial score (nSPS) is 11.8. The van der Waals surface area contributed by atoms with Crippen LogP contribution in [0, 0.1) is 0 Å². The summed E-state index contributed by atoms with van der Waals surface area (Å²) in [6, 6.07) is 14.2. The van der Waals surface area contributed by atoms with Crippen LogP contribution >= 0.6 is 0 Å². The van der Waals surface area contributed by atoms with Crippen molar-refractivity contribution in [3.63, 3.8) is 0 Å². The summed E-state index contributed by atoms with van der Waals surface area (Å²) in [5.74, 6) is -0.0904. The lowest BCUT2D eigenvalue weighted by molar-refractivity contribution is 0.0927. The molecule has 0 saturated carbocycles. The Labute approximate surface area is 129 Å². The van der Waals surface area contributed by atoms with Crippen molar-refractivity contribution in [2.75, 3.05) is 0 Å². The maximum absolute atomic E-state index is 11.6. The van der Waals surface area contributed by atoms with Crippen LogP contribution in [-0.4, -0.2) is 15.7 Å². The molecule has 0 amide bonds. The second kappa shape index (κ2) is 5.07. The number of hydrogen-bond donors (Lipinski definition) is 1. The van der Waals surface area contributed by atoms with Crippen LogP contribution in [0.25, 0.3) is 22.0 Å². The lowest BCUT2D eigenvalue weighted by Crippen LogP contribution is -2.28. The molecule has 0 bridgehead atoms. The van der Waals surface area contributed by atoms with Crippen molar-refractivity contribution in [1.29, 1.82) is 0 Å². The van der Waals surface area contributed by atoms with E-state index >= 15 is 0 Å². The number of carbonyl (C=O) groups excluding carboxylic acids is 1. The number of rotatable bonds is 2. The molecule has 0 atom stereocenters. The van der Waals surface area contributed by atoms with E-state index in [1.807, 2.05) is 44.2 Å². The summed E-state index contributed by atoms with van der Waals surface area (Å²) in [6.07, 6.45) is 1.71. The van der Waals surface area contributed by atoms with Gasteiger partial charge in [0.05, 0.1) is 11.7 Å². The predicted molar refractivity (Wildman–Crippen MR) is 88.7 cm³/mol. The summed E-state index contributed by atoms with van der Waals surface area (Å²) in [6.45, 7) is 5.48. The molecule has 2 aromatic carbocycles. The summed E-state index contributed by atoms with van der Waals surface area (Å²) in [4.78, 5) is 11.6. The van der Waals surface area contributed by atoms with Gasteiger partial charge >= 0.3 is 0 Å². The first-order valence-corrected chi connectivity index (χ1v) is 7.25. The van der Waals surface area contributed by atoms with Crippen molar-refractivity contribution >= 4 is 16.8 Å². The Morgan fingerprint density at radius 1 is 1.09 bits per heavy atom. The van der Waals surface area contributed by atoms with Crippen LogP contribution in [0.2, 0.25) is 0 Å². The quantitative estimate of drug-likeness (QED) is 0.786. The number of hydrogen-bond acceptors (Lipinski definition) is 3. The summed E-state index contributed by atoms with van der Waals surface area (Å²) in [5.41, 5.74) is 9.82. The molecule has 3 aromatic rings. The van der Waals surface area contributed by atoms with Crippen LogP contribution in [-0.2, 0) is 5.54 Å². The highest BCUT2D eigenvalue weighted by Gasteiger charge is 2.14. The summed E-state index contributed by atoms with van der Waals surface area (Å²) in [7, 11) is 0. The largest absolute Gasteiger partial charge is 0.322 e. The van der Waals surface area contributed by atoms with E-state index in [1.165, 1.54) is 11.6 Å². The van der Waals surface area contributed by atoms with E-state index in [2.05, 4.69) is 17.2 Å². The monoisotopic (exact) mass is 293 g/mol. The molecular weight excluding hydrogens is 274 g/mol. The molecule has 1 aromatic heterocycles. The van der Waals surface area contributed by atoms with Gasteiger partial charge in [0.15, 0.2) is 0 Å². The molecule has 22 heavy (non-hydrogen) atoms. The Morgan fingerprint density at radius 2 is 1.73 bits per heavy atom. The van der Waals surface area contributed by atoms with Gasteiger partial charge in [0.1, 0.15) is 0 Å². The third-order valence-electron chi connectivity index (χ3n) is 3.83. The van der Waals surface area contributed by atoms with Gasteiger partial charge in [-0.1, -0.05) is 36.4 Å². The van der Waals surface area contributed by atoms with Gasteiger partial charge < -0.3 is 5.73 Å². The van der Waals surface area contributed by atoms with Crippen molar-refractivity contribution in [2.45, 2.75) is 26.3 Å². The van der Waals surface area contributed by atoms with Crippen molar-refractivity contribution < 1.29 is 4.79 Å². The van der Waals surface area contributed by atoms with E-state index in [-0.39, 0.29) is 11.4 Å². The smallest absolute Gasteiger partial charge is 0.244 e. The highest BCUT2D eigenvalue weighted by molar-refractivity contribution is 5.92. The molecule has 0 fully saturated rings. The molecule has 0 aliphatic heterocycles. The zero-order chi connectivity index (χ0) is 15.9. The van der Waals surface area contributed by atoms with Gasteiger partial charge in [-0.2, -0.15) is 5.10 Å². The topological polar surface area (TPSA) is 60.9 Å². The third-order valence-corrected chi connectivity index (χ3v) is 3.83. The van der Waals surface area contributed by atoms with Gasteiger partial charge in [-0.05, 0) is 36.6 Å². The molecular formula is C18H19N3O. The van der Waals surface area contributed by atoms with Crippen LogP contribution in [0.4, 0.5) is 0 Å². The number of nitrogens with two attached hydrogens (primary N) is 1. The zero-order valence-electron chi connectivity index (χ0n) is 13.0. The zero-order valence-corrected chi connectivity index (χ0v) is 13.0. The van der Waals surface area contributed by atoms with Crippen LogP contribution in [0.3, 0.4) is 0 Å². The summed E-state index contributed by atoms with van der Waals surface area (Å²) < 4.78 is 1.43. The Morgan fingerprint density at radius 3 is 2.32 bits per heavy atom. The Bertz CT molecular complexity index is 839. The summed E-state index contributed by atoms with van der Waals surface area (Å²) in [5, 5.41) is 5.08. The molecule has 4 heteroatoms. The van der Waals surface area contributed by atoms with E-state index in [1.54, 1.807) is 6.20 Å². The lowest BCUT2D eigenvalue weighted by atomic mass is 9.93. The standard InChI is InChI=1S/C18H19N3O/c1-12(22)21-17-10-14(4-5-15(17)11-20-21)13-6-8-16(9-7-13)18(2,3)19/h4-11H,19H2,1-3H3. The van der Waals surface area contributed by atoms with Crippen molar-refractivity contribution in [3.8, 4) is 11.1 Å².